The number of carbonyl (C=O) groups excluding carboxylic acids is 1. The number of aromatic nitrogens is 1. The number of aryl methyl sites for hydroxylation is 1. The van der Waals surface area contributed by atoms with Gasteiger partial charge in [0.05, 0.1) is 44.5 Å². The summed E-state index contributed by atoms with van der Waals surface area (Å²) >= 11 is 0. The zero-order chi connectivity index (χ0) is 59.3. The van der Waals surface area contributed by atoms with Crippen LogP contribution in [-0.2, 0) is 56.0 Å². The van der Waals surface area contributed by atoms with Crippen molar-refractivity contribution in [3.8, 4) is 11.3 Å². The minimum absolute atomic E-state index is 0.116. The predicted octanol–water partition coefficient (Wildman–Crippen LogP) is 15.0. The highest BCUT2D eigenvalue weighted by atomic mass is 19.4. The number of alkyl halides is 24. The molecule has 0 amide bonds. The fourth-order valence-corrected chi connectivity index (χ4v) is 8.62. The van der Waals surface area contributed by atoms with Crippen molar-refractivity contribution < 1.29 is 115 Å². The number of Topliss-reactive ketones (excluding diaryl/α,β-unsaturated/α-hetero) is 1. The van der Waals surface area contributed by atoms with E-state index >= 15 is 0 Å². The van der Waals surface area contributed by atoms with Gasteiger partial charge in [-0.15, -0.1) is 0 Å². The van der Waals surface area contributed by atoms with Gasteiger partial charge >= 0.3 is 49.4 Å². The van der Waals surface area contributed by atoms with E-state index in [-0.39, 0.29) is 5.78 Å². The Morgan fingerprint density at radius 3 is 0.924 bits per heavy atom. The van der Waals surface area contributed by atoms with E-state index < -0.39 is 195 Å². The van der Waals surface area contributed by atoms with Gasteiger partial charge in [0.25, 0.3) is 0 Å². The molecule has 0 unspecified atom stereocenters. The van der Waals surface area contributed by atoms with Crippen molar-refractivity contribution in [1.82, 2.24) is 0 Å². The SMILES string of the molecule is Cc1cccc(-c2cccc[n+]2CC(=O)c2ccccc2)c1.FC(F)(F)c1cc([B-](c2cc(C(F)(F)F)cc(C(F)(F)F)c2)(c2cc(C(F)(F)F)cc(C(F)(F)F)c2)c2cc(C(F)(F)F)cc(C(F)(F)F)c2)cc(C(F)(F)F)c1. The average molecular weight is 1150 g/mol. The standard InChI is InChI=1S/C32H12BF24.C20H18NO/c34-25(35,36)13-1-14(26(37,38)39)6-21(5-13)33(22-7-15(27(40,41)42)2-16(8-22)28(43,44)45,23-9-17(29(46,47)48)3-18(10-23)30(49,50)51)24-11-19(31(52,53)54)4-20(12-24)32(55,56)57;1-16-8-7-11-18(14-16)19-12-5-6-13-21(19)15-20(22)17-9-3-2-4-10-17/h1-12H;2-14H,15H2,1H3/q-1;+1. The molecule has 6 aromatic carbocycles. The number of hydrogen-bond donors (Lipinski definition) is 0. The van der Waals surface area contributed by atoms with E-state index in [1.54, 1.807) is 0 Å². The summed E-state index contributed by atoms with van der Waals surface area (Å²) in [5, 5.41) is 0. The van der Waals surface area contributed by atoms with Gasteiger partial charge in [-0.1, -0.05) is 96.6 Å². The summed E-state index contributed by atoms with van der Waals surface area (Å²) in [5.41, 5.74) is -26.1. The monoisotopic (exact) mass is 1150 g/mol. The molecule has 0 atom stereocenters. The summed E-state index contributed by atoms with van der Waals surface area (Å²) in [5.74, 6) is 0.116. The van der Waals surface area contributed by atoms with Crippen LogP contribution >= 0.6 is 0 Å². The highest BCUT2D eigenvalue weighted by molar-refractivity contribution is 7.20. The Hall–Kier alpha value is -7.48. The summed E-state index contributed by atoms with van der Waals surface area (Å²) in [6, 6.07) is 15.0. The van der Waals surface area contributed by atoms with Crippen LogP contribution in [0.2, 0.25) is 0 Å². The number of benzene rings is 6. The second kappa shape index (κ2) is 21.3. The maximum atomic E-state index is 14.2. The van der Waals surface area contributed by atoms with E-state index in [0.29, 0.717) is 6.54 Å². The molecule has 0 N–H and O–H groups in total. The van der Waals surface area contributed by atoms with Gasteiger partial charge in [0.15, 0.2) is 6.20 Å². The van der Waals surface area contributed by atoms with Crippen molar-refractivity contribution in [2.45, 2.75) is 62.9 Å². The zero-order valence-corrected chi connectivity index (χ0v) is 39.1. The number of pyridine rings is 1. The van der Waals surface area contributed by atoms with Gasteiger partial charge in [-0.3, -0.25) is 4.79 Å². The second-order valence-electron chi connectivity index (χ2n) is 17.6. The molecule has 2 nitrogen and oxygen atoms in total. The molecule has 1 heterocycles. The van der Waals surface area contributed by atoms with Gasteiger partial charge in [0.1, 0.15) is 6.15 Å². The molecule has 1 aromatic heterocycles. The lowest BCUT2D eigenvalue weighted by Crippen LogP contribution is -2.75. The van der Waals surface area contributed by atoms with Gasteiger partial charge in [-0.25, -0.2) is 0 Å². The van der Waals surface area contributed by atoms with Crippen LogP contribution in [0.4, 0.5) is 105 Å². The molecule has 0 aliphatic carbocycles. The van der Waals surface area contributed by atoms with E-state index in [0.717, 1.165) is 16.8 Å². The third kappa shape index (κ3) is 14.1. The number of hydrogen-bond acceptors (Lipinski definition) is 1. The molecule has 0 radical (unpaired) electrons. The second-order valence-corrected chi connectivity index (χ2v) is 17.6. The zero-order valence-electron chi connectivity index (χ0n) is 39.1. The Bertz CT molecular complexity index is 2910. The Balaban J connectivity index is 0.000000378. The summed E-state index contributed by atoms with van der Waals surface area (Å²) < 4.78 is 343. The number of carbonyl (C=O) groups is 1. The molecule has 27 heteroatoms. The molecule has 0 bridgehead atoms. The van der Waals surface area contributed by atoms with Crippen molar-refractivity contribution in [1.29, 1.82) is 0 Å². The molecular formula is C52H30BF24NO. The van der Waals surface area contributed by atoms with Gasteiger partial charge < -0.3 is 0 Å². The lowest BCUT2D eigenvalue weighted by atomic mass is 9.12. The van der Waals surface area contributed by atoms with Crippen LogP contribution < -0.4 is 26.4 Å². The van der Waals surface area contributed by atoms with Crippen molar-refractivity contribution in [2.24, 2.45) is 0 Å². The third-order valence-electron chi connectivity index (χ3n) is 12.1. The van der Waals surface area contributed by atoms with Gasteiger partial charge in [-0.05, 0) is 49.4 Å². The van der Waals surface area contributed by atoms with Gasteiger partial charge in [-0.2, -0.15) is 132 Å². The molecule has 79 heavy (non-hydrogen) atoms. The molecular weight excluding hydrogens is 1120 g/mol. The first-order valence-electron chi connectivity index (χ1n) is 22.0. The molecule has 0 aliphatic heterocycles. The Kier molecular flexibility index (Phi) is 16.4. The molecule has 0 fully saturated rings. The quantitative estimate of drug-likeness (QED) is 0.0643. The molecule has 7 aromatic rings. The minimum Gasteiger partial charge on any atom is -0.287 e. The van der Waals surface area contributed by atoms with Crippen LogP contribution in [0.25, 0.3) is 11.3 Å². The maximum Gasteiger partial charge on any atom is 0.416 e. The van der Waals surface area contributed by atoms with E-state index in [1.807, 2.05) is 65.4 Å². The van der Waals surface area contributed by atoms with Crippen LogP contribution in [0.15, 0.2) is 152 Å². The Morgan fingerprint density at radius 1 is 0.354 bits per heavy atom. The highest BCUT2D eigenvalue weighted by Crippen LogP contribution is 2.41. The summed E-state index contributed by atoms with van der Waals surface area (Å²) in [6.45, 7) is 2.42. The molecule has 0 saturated heterocycles. The van der Waals surface area contributed by atoms with E-state index in [2.05, 4.69) is 25.1 Å². The van der Waals surface area contributed by atoms with E-state index in [9.17, 15) is 110 Å². The number of nitrogens with zero attached hydrogens (tertiary/aromatic N) is 1. The topological polar surface area (TPSA) is 20.9 Å². The van der Waals surface area contributed by atoms with Crippen molar-refractivity contribution in [3.63, 3.8) is 0 Å². The van der Waals surface area contributed by atoms with Gasteiger partial charge in [0, 0.05) is 23.3 Å². The maximum absolute atomic E-state index is 14.2. The smallest absolute Gasteiger partial charge is 0.287 e. The largest absolute Gasteiger partial charge is 0.416 e. The van der Waals surface area contributed by atoms with E-state index in [1.165, 1.54) is 5.56 Å². The first-order chi connectivity index (χ1) is 36.0. The van der Waals surface area contributed by atoms with Gasteiger partial charge in [0.2, 0.25) is 18.0 Å². The first kappa shape index (κ1) is 60.7. The Morgan fingerprint density at radius 2 is 0.646 bits per heavy atom. The number of ketones is 1. The summed E-state index contributed by atoms with van der Waals surface area (Å²) in [4.78, 5) is 12.4. The lowest BCUT2D eigenvalue weighted by Gasteiger charge is -2.46. The van der Waals surface area contributed by atoms with Crippen molar-refractivity contribution in [2.75, 3.05) is 0 Å². The lowest BCUT2D eigenvalue weighted by molar-refractivity contribution is -0.672. The van der Waals surface area contributed by atoms with Crippen LogP contribution in [0.5, 0.6) is 0 Å². The normalized spacial score (nSPS) is 13.2. The van der Waals surface area contributed by atoms with Crippen molar-refractivity contribution in [3.05, 3.63) is 207 Å². The van der Waals surface area contributed by atoms with Crippen LogP contribution in [-0.4, -0.2) is 11.9 Å². The fraction of sp³-hybridized carbons (Fsp3) is 0.192. The van der Waals surface area contributed by atoms with Crippen LogP contribution in [0.1, 0.15) is 60.4 Å². The molecule has 7 rings (SSSR count). The molecule has 0 saturated carbocycles. The van der Waals surface area contributed by atoms with Crippen molar-refractivity contribution >= 4 is 33.8 Å². The average Bonchev–Trinajstić information content (AvgIpc) is 3.54. The number of halogens is 24. The predicted molar refractivity (Wildman–Crippen MR) is 238 cm³/mol. The fourth-order valence-electron chi connectivity index (χ4n) is 8.62. The van der Waals surface area contributed by atoms with Crippen LogP contribution in [0, 0.1) is 6.92 Å². The highest BCUT2D eigenvalue weighted by Gasteiger charge is 2.47. The molecule has 420 valence electrons. The molecule has 0 aliphatic rings. The van der Waals surface area contributed by atoms with E-state index in [4.69, 9.17) is 0 Å². The summed E-state index contributed by atoms with van der Waals surface area (Å²) in [6.07, 6.45) is -52.8. The molecule has 0 spiro atoms. The third-order valence-corrected chi connectivity index (χ3v) is 12.1. The summed E-state index contributed by atoms with van der Waals surface area (Å²) in [7, 11) is 0. The minimum atomic E-state index is -6.13. The van der Waals surface area contributed by atoms with Crippen LogP contribution in [0.3, 0.4) is 0 Å². The first-order valence-corrected chi connectivity index (χ1v) is 22.0. The Labute approximate surface area is 429 Å². The number of rotatable bonds is 8.